The van der Waals surface area contributed by atoms with Crippen LogP contribution >= 0.6 is 0 Å². The van der Waals surface area contributed by atoms with Gasteiger partial charge in [0, 0.05) is 43.4 Å². The van der Waals surface area contributed by atoms with Gasteiger partial charge in [-0.25, -0.2) is 4.98 Å². The van der Waals surface area contributed by atoms with E-state index in [0.29, 0.717) is 13.1 Å². The lowest BCUT2D eigenvalue weighted by Gasteiger charge is -2.36. The molecule has 0 bridgehead atoms. The molecule has 1 amide bonds. The van der Waals surface area contributed by atoms with Gasteiger partial charge >= 0.3 is 0 Å². The van der Waals surface area contributed by atoms with Gasteiger partial charge in [-0.15, -0.1) is 0 Å². The van der Waals surface area contributed by atoms with Crippen LogP contribution in [-0.2, 0) is 17.6 Å². The first-order valence-electron chi connectivity index (χ1n) is 9.48. The number of benzene rings is 1. The van der Waals surface area contributed by atoms with Crippen LogP contribution in [0.25, 0.3) is 5.65 Å². The van der Waals surface area contributed by atoms with Crippen molar-refractivity contribution in [1.29, 1.82) is 0 Å². The van der Waals surface area contributed by atoms with Crippen LogP contribution in [0.15, 0.2) is 42.6 Å². The number of amides is 1. The zero-order valence-corrected chi connectivity index (χ0v) is 15.1. The van der Waals surface area contributed by atoms with E-state index in [1.807, 2.05) is 45.8 Å². The molecule has 5 rings (SSSR count). The lowest BCUT2D eigenvalue weighted by atomic mass is 10.1. The zero-order chi connectivity index (χ0) is 18.2. The van der Waals surface area contributed by atoms with E-state index >= 15 is 0 Å². The number of fused-ring (bicyclic) bond motifs is 2. The smallest absolute Gasteiger partial charge is 0.246 e. The van der Waals surface area contributed by atoms with Gasteiger partial charge in [0.05, 0.1) is 18.4 Å². The normalized spacial score (nSPS) is 17.9. The second kappa shape index (κ2) is 6.66. The van der Waals surface area contributed by atoms with Crippen molar-refractivity contribution in [2.45, 2.75) is 12.8 Å². The fourth-order valence-corrected chi connectivity index (χ4v) is 4.07. The number of rotatable bonds is 2. The summed E-state index contributed by atoms with van der Waals surface area (Å²) in [6.07, 6.45) is 3.59. The Morgan fingerprint density at radius 2 is 1.85 bits per heavy atom. The largest absolute Gasteiger partial charge is 0.345 e. The third-order valence-corrected chi connectivity index (χ3v) is 5.37. The van der Waals surface area contributed by atoms with Crippen LogP contribution in [0.4, 0.5) is 11.5 Å². The van der Waals surface area contributed by atoms with Crippen molar-refractivity contribution in [3.8, 4) is 0 Å². The molecule has 7 heteroatoms. The number of carbonyl (C=O) groups is 1. The molecular weight excluding hydrogens is 340 g/mol. The number of hydrogen-bond acceptors (Lipinski definition) is 5. The van der Waals surface area contributed by atoms with E-state index in [0.717, 1.165) is 55.3 Å². The van der Waals surface area contributed by atoms with Gasteiger partial charge in [0.25, 0.3) is 0 Å². The summed E-state index contributed by atoms with van der Waals surface area (Å²) in [4.78, 5) is 21.8. The van der Waals surface area contributed by atoms with Crippen molar-refractivity contribution in [3.63, 3.8) is 0 Å². The first kappa shape index (κ1) is 16.3. The van der Waals surface area contributed by atoms with E-state index in [-0.39, 0.29) is 5.91 Å². The first-order valence-corrected chi connectivity index (χ1v) is 9.48. The Hall–Kier alpha value is -2.93. The summed E-state index contributed by atoms with van der Waals surface area (Å²) in [5.74, 6) is 1.15. The van der Waals surface area contributed by atoms with E-state index in [4.69, 9.17) is 4.98 Å². The fourth-order valence-electron chi connectivity index (χ4n) is 4.07. The maximum absolute atomic E-state index is 12.9. The molecule has 2 aliphatic rings. The van der Waals surface area contributed by atoms with Gasteiger partial charge in [-0.05, 0) is 25.1 Å². The molecule has 3 aromatic rings. The Morgan fingerprint density at radius 1 is 1.00 bits per heavy atom. The first-order chi connectivity index (χ1) is 13.3. The maximum Gasteiger partial charge on any atom is 0.246 e. The van der Waals surface area contributed by atoms with Gasteiger partial charge in [-0.1, -0.05) is 18.2 Å². The number of nitrogens with zero attached hydrogens (tertiary/aromatic N) is 5. The second-order valence-electron chi connectivity index (χ2n) is 7.01. The number of hydrogen-bond donors (Lipinski definition) is 1. The van der Waals surface area contributed by atoms with Gasteiger partial charge in [0.15, 0.2) is 5.65 Å². The summed E-state index contributed by atoms with van der Waals surface area (Å²) in [5, 5.41) is 7.95. The molecule has 1 aromatic carbocycles. The minimum Gasteiger partial charge on any atom is -0.345 e. The standard InChI is InChI=1S/C20H22N6O/c27-19-14-24(12-13-25(19)15-4-2-1-3-5-15)20-16-6-9-21-10-7-17(16)23-18-8-11-22-26(18)20/h1-5,8,11,21H,6-7,9-10,12-14H2. The molecule has 0 spiro atoms. The summed E-state index contributed by atoms with van der Waals surface area (Å²) in [6.45, 7) is 3.66. The number of piperazine rings is 1. The minimum atomic E-state index is 0.116. The number of carbonyl (C=O) groups excluding carboxylic acids is 1. The fraction of sp³-hybridized carbons (Fsp3) is 0.350. The van der Waals surface area contributed by atoms with Crippen molar-refractivity contribution < 1.29 is 4.79 Å². The molecule has 4 heterocycles. The van der Waals surface area contributed by atoms with Gasteiger partial charge in [-0.3, -0.25) is 4.79 Å². The Morgan fingerprint density at radius 3 is 2.70 bits per heavy atom. The molecule has 1 N–H and O–H groups in total. The lowest BCUT2D eigenvalue weighted by Crippen LogP contribution is -2.51. The van der Waals surface area contributed by atoms with Crippen LogP contribution in [0.5, 0.6) is 0 Å². The van der Waals surface area contributed by atoms with Crippen LogP contribution in [0.3, 0.4) is 0 Å². The molecule has 0 atom stereocenters. The van der Waals surface area contributed by atoms with E-state index in [1.165, 1.54) is 5.56 Å². The molecule has 2 aliphatic heterocycles. The Balaban J connectivity index is 1.52. The third kappa shape index (κ3) is 2.84. The van der Waals surface area contributed by atoms with E-state index in [2.05, 4.69) is 15.3 Å². The predicted molar refractivity (Wildman–Crippen MR) is 104 cm³/mol. The van der Waals surface area contributed by atoms with Gasteiger partial charge < -0.3 is 15.1 Å². The third-order valence-electron chi connectivity index (χ3n) is 5.37. The Labute approximate surface area is 157 Å². The van der Waals surface area contributed by atoms with Crippen LogP contribution in [0.2, 0.25) is 0 Å². The monoisotopic (exact) mass is 362 g/mol. The molecule has 0 aliphatic carbocycles. The maximum atomic E-state index is 12.9. The van der Waals surface area contributed by atoms with E-state index in [1.54, 1.807) is 6.20 Å². The van der Waals surface area contributed by atoms with Crippen molar-refractivity contribution in [1.82, 2.24) is 19.9 Å². The van der Waals surface area contributed by atoms with E-state index < -0.39 is 0 Å². The average Bonchev–Trinajstić information content (AvgIpc) is 3.03. The Kier molecular flexibility index (Phi) is 4.01. The number of anilines is 2. The predicted octanol–water partition coefficient (Wildman–Crippen LogP) is 1.27. The molecule has 1 fully saturated rings. The van der Waals surface area contributed by atoms with E-state index in [9.17, 15) is 4.79 Å². The van der Waals surface area contributed by atoms with Crippen LogP contribution in [-0.4, -0.2) is 53.2 Å². The minimum absolute atomic E-state index is 0.116. The number of aromatic nitrogens is 3. The molecule has 27 heavy (non-hydrogen) atoms. The molecule has 0 radical (unpaired) electrons. The Bertz CT molecular complexity index is 983. The summed E-state index contributed by atoms with van der Waals surface area (Å²) >= 11 is 0. The molecule has 0 unspecified atom stereocenters. The van der Waals surface area contributed by atoms with Crippen molar-refractivity contribution >= 4 is 23.1 Å². The van der Waals surface area contributed by atoms with Crippen LogP contribution in [0, 0.1) is 0 Å². The van der Waals surface area contributed by atoms with Crippen molar-refractivity contribution in [2.75, 3.05) is 42.5 Å². The quantitative estimate of drug-likeness (QED) is 0.744. The summed E-state index contributed by atoms with van der Waals surface area (Å²) in [7, 11) is 0. The number of nitrogens with one attached hydrogen (secondary N) is 1. The highest BCUT2D eigenvalue weighted by atomic mass is 16.2. The van der Waals surface area contributed by atoms with Crippen LogP contribution < -0.4 is 15.1 Å². The second-order valence-corrected chi connectivity index (χ2v) is 7.01. The molecule has 7 nitrogen and oxygen atoms in total. The lowest BCUT2D eigenvalue weighted by molar-refractivity contribution is -0.117. The highest BCUT2D eigenvalue weighted by molar-refractivity contribution is 5.97. The van der Waals surface area contributed by atoms with Crippen LogP contribution in [0.1, 0.15) is 11.3 Å². The average molecular weight is 362 g/mol. The van der Waals surface area contributed by atoms with Gasteiger partial charge in [0.2, 0.25) is 5.91 Å². The van der Waals surface area contributed by atoms with Crippen molar-refractivity contribution in [3.05, 3.63) is 53.9 Å². The highest BCUT2D eigenvalue weighted by Crippen LogP contribution is 2.28. The summed E-state index contributed by atoms with van der Waals surface area (Å²) in [6, 6.07) is 11.8. The van der Waals surface area contributed by atoms with Gasteiger partial charge in [0.1, 0.15) is 5.82 Å². The van der Waals surface area contributed by atoms with Gasteiger partial charge in [-0.2, -0.15) is 9.61 Å². The molecule has 138 valence electrons. The molecule has 2 aromatic heterocycles. The number of para-hydroxylation sites is 1. The SMILES string of the molecule is O=C1CN(c2c3c(nc4ccnn24)CCNCC3)CCN1c1ccccc1. The molecule has 1 saturated heterocycles. The topological polar surface area (TPSA) is 65.8 Å². The summed E-state index contributed by atoms with van der Waals surface area (Å²) in [5.41, 5.74) is 4.16. The molecule has 0 saturated carbocycles. The highest BCUT2D eigenvalue weighted by Gasteiger charge is 2.29. The van der Waals surface area contributed by atoms with Crippen molar-refractivity contribution in [2.24, 2.45) is 0 Å². The molecular formula is C20H22N6O. The zero-order valence-electron chi connectivity index (χ0n) is 15.1. The summed E-state index contributed by atoms with van der Waals surface area (Å²) < 4.78 is 1.90.